The van der Waals surface area contributed by atoms with Crippen LogP contribution in [0.5, 0.6) is 0 Å². The SMILES string of the molecule is CC(C)COC(=O)/C(F)=C(\C(=O)OCC(C)C)C(C)C. The molecule has 5 heteroatoms. The van der Waals surface area contributed by atoms with Gasteiger partial charge in [-0.25, -0.2) is 9.59 Å². The minimum Gasteiger partial charge on any atom is -0.462 e. The van der Waals surface area contributed by atoms with Gasteiger partial charge >= 0.3 is 11.9 Å². The summed E-state index contributed by atoms with van der Waals surface area (Å²) >= 11 is 0. The molecule has 4 nitrogen and oxygen atoms in total. The quantitative estimate of drug-likeness (QED) is 0.533. The van der Waals surface area contributed by atoms with Crippen molar-refractivity contribution in [2.45, 2.75) is 41.5 Å². The van der Waals surface area contributed by atoms with E-state index in [4.69, 9.17) is 9.47 Å². The van der Waals surface area contributed by atoms with Crippen molar-refractivity contribution in [1.82, 2.24) is 0 Å². The Hall–Kier alpha value is -1.39. The summed E-state index contributed by atoms with van der Waals surface area (Å²) < 4.78 is 23.8. The first-order valence-corrected chi connectivity index (χ1v) is 6.90. The van der Waals surface area contributed by atoms with Crippen molar-refractivity contribution in [2.24, 2.45) is 17.8 Å². The molecule has 20 heavy (non-hydrogen) atoms. The molecule has 0 aliphatic rings. The van der Waals surface area contributed by atoms with Crippen LogP contribution in [0.3, 0.4) is 0 Å². The highest BCUT2D eigenvalue weighted by Gasteiger charge is 2.26. The number of esters is 2. The second-order valence-electron chi connectivity index (χ2n) is 5.87. The molecule has 0 aromatic rings. The van der Waals surface area contributed by atoms with E-state index >= 15 is 0 Å². The Morgan fingerprint density at radius 3 is 1.60 bits per heavy atom. The van der Waals surface area contributed by atoms with E-state index < -0.39 is 23.7 Å². The van der Waals surface area contributed by atoms with Gasteiger partial charge in [0.05, 0.1) is 18.8 Å². The molecule has 0 rings (SSSR count). The van der Waals surface area contributed by atoms with Crippen LogP contribution in [0, 0.1) is 17.8 Å². The molecule has 0 fully saturated rings. The van der Waals surface area contributed by atoms with Crippen molar-refractivity contribution in [3.8, 4) is 0 Å². The van der Waals surface area contributed by atoms with Crippen molar-refractivity contribution in [3.05, 3.63) is 11.4 Å². The van der Waals surface area contributed by atoms with Gasteiger partial charge in [-0.1, -0.05) is 41.5 Å². The first kappa shape index (κ1) is 18.6. The lowest BCUT2D eigenvalue weighted by atomic mass is 10.0. The summed E-state index contributed by atoms with van der Waals surface area (Å²) in [6.45, 7) is 11.0. The minimum atomic E-state index is -1.16. The first-order valence-electron chi connectivity index (χ1n) is 6.90. The first-order chi connectivity index (χ1) is 9.16. The molecule has 0 saturated heterocycles. The van der Waals surface area contributed by atoms with Crippen LogP contribution in [0.4, 0.5) is 4.39 Å². The Balaban J connectivity index is 4.97. The van der Waals surface area contributed by atoms with Crippen LogP contribution < -0.4 is 0 Å². The van der Waals surface area contributed by atoms with E-state index in [0.29, 0.717) is 0 Å². The maximum absolute atomic E-state index is 14.0. The molecule has 0 unspecified atom stereocenters. The largest absolute Gasteiger partial charge is 0.462 e. The Labute approximate surface area is 120 Å². The average Bonchev–Trinajstić information content (AvgIpc) is 2.32. The number of ether oxygens (including phenoxy) is 2. The second kappa shape index (κ2) is 8.72. The molecule has 0 bridgehead atoms. The molecule has 0 amide bonds. The summed E-state index contributed by atoms with van der Waals surface area (Å²) in [4.78, 5) is 23.4. The van der Waals surface area contributed by atoms with Crippen LogP contribution in [-0.4, -0.2) is 25.2 Å². The van der Waals surface area contributed by atoms with Gasteiger partial charge in [0.1, 0.15) is 0 Å². The van der Waals surface area contributed by atoms with Crippen LogP contribution in [-0.2, 0) is 19.1 Å². The van der Waals surface area contributed by atoms with Crippen LogP contribution in [0.2, 0.25) is 0 Å². The van der Waals surface area contributed by atoms with E-state index in [-0.39, 0.29) is 30.6 Å². The predicted molar refractivity (Wildman–Crippen MR) is 74.6 cm³/mol. The molecular weight excluding hydrogens is 263 g/mol. The Bertz CT molecular complexity index is 370. The van der Waals surface area contributed by atoms with E-state index in [1.165, 1.54) is 0 Å². The molecule has 0 aliphatic heterocycles. The fraction of sp³-hybridized carbons (Fsp3) is 0.733. The van der Waals surface area contributed by atoms with Crippen LogP contribution in [0.25, 0.3) is 0 Å². The van der Waals surface area contributed by atoms with Crippen LogP contribution in [0.15, 0.2) is 11.4 Å². The maximum atomic E-state index is 14.0. The third kappa shape index (κ3) is 6.68. The molecular formula is C15H25FO4. The minimum absolute atomic E-state index is 0.0992. The summed E-state index contributed by atoms with van der Waals surface area (Å²) in [6, 6.07) is 0. The molecule has 0 aliphatic carbocycles. The van der Waals surface area contributed by atoms with Gasteiger partial charge in [-0.05, 0) is 17.8 Å². The Morgan fingerprint density at radius 1 is 0.850 bits per heavy atom. The fourth-order valence-electron chi connectivity index (χ4n) is 1.31. The van der Waals surface area contributed by atoms with Crippen LogP contribution >= 0.6 is 0 Å². The van der Waals surface area contributed by atoms with Crippen molar-refractivity contribution >= 4 is 11.9 Å². The fourth-order valence-corrected chi connectivity index (χ4v) is 1.31. The zero-order chi connectivity index (χ0) is 15.9. The zero-order valence-corrected chi connectivity index (χ0v) is 13.2. The number of carbonyl (C=O) groups is 2. The van der Waals surface area contributed by atoms with Gasteiger partial charge in [-0.15, -0.1) is 0 Å². The summed E-state index contributed by atoms with van der Waals surface area (Å²) in [5.41, 5.74) is -0.264. The van der Waals surface area contributed by atoms with Gasteiger partial charge in [0, 0.05) is 0 Å². The Morgan fingerprint density at radius 2 is 1.25 bits per heavy atom. The normalized spacial score (nSPS) is 12.7. The Kier molecular flexibility index (Phi) is 8.11. The summed E-state index contributed by atoms with van der Waals surface area (Å²) in [5, 5.41) is 0. The maximum Gasteiger partial charge on any atom is 0.367 e. The van der Waals surface area contributed by atoms with E-state index in [1.807, 2.05) is 27.7 Å². The number of halogens is 1. The molecule has 0 radical (unpaired) electrons. The molecule has 0 heterocycles. The smallest absolute Gasteiger partial charge is 0.367 e. The number of carbonyl (C=O) groups excluding carboxylic acids is 2. The number of hydrogen-bond donors (Lipinski definition) is 0. The van der Waals surface area contributed by atoms with Crippen molar-refractivity contribution in [1.29, 1.82) is 0 Å². The van der Waals surface area contributed by atoms with Gasteiger partial charge < -0.3 is 9.47 Å². The van der Waals surface area contributed by atoms with Gasteiger partial charge in [0.15, 0.2) is 0 Å². The van der Waals surface area contributed by atoms with Crippen molar-refractivity contribution in [2.75, 3.05) is 13.2 Å². The summed E-state index contributed by atoms with van der Waals surface area (Å²) in [7, 11) is 0. The topological polar surface area (TPSA) is 52.6 Å². The van der Waals surface area contributed by atoms with Crippen LogP contribution in [0.1, 0.15) is 41.5 Å². The molecule has 0 atom stereocenters. The van der Waals surface area contributed by atoms with Gasteiger partial charge in [0.2, 0.25) is 5.83 Å². The highest BCUT2D eigenvalue weighted by Crippen LogP contribution is 2.20. The van der Waals surface area contributed by atoms with Gasteiger partial charge in [0.25, 0.3) is 0 Å². The third-order valence-electron chi connectivity index (χ3n) is 2.31. The lowest BCUT2D eigenvalue weighted by Gasteiger charge is -2.14. The van der Waals surface area contributed by atoms with Gasteiger partial charge in [-0.2, -0.15) is 4.39 Å². The predicted octanol–water partition coefficient (Wildman–Crippen LogP) is 3.26. The lowest BCUT2D eigenvalue weighted by Crippen LogP contribution is -2.20. The summed E-state index contributed by atoms with van der Waals surface area (Å²) in [5.74, 6) is -3.28. The van der Waals surface area contributed by atoms with E-state index in [1.54, 1.807) is 13.8 Å². The zero-order valence-electron chi connectivity index (χ0n) is 13.2. The van der Waals surface area contributed by atoms with Crippen molar-refractivity contribution in [3.63, 3.8) is 0 Å². The molecule has 0 aromatic heterocycles. The average molecular weight is 288 g/mol. The van der Waals surface area contributed by atoms with Gasteiger partial charge in [-0.3, -0.25) is 0 Å². The highest BCUT2D eigenvalue weighted by molar-refractivity contribution is 5.99. The van der Waals surface area contributed by atoms with E-state index in [2.05, 4.69) is 0 Å². The van der Waals surface area contributed by atoms with Crippen molar-refractivity contribution < 1.29 is 23.5 Å². The number of hydrogen-bond acceptors (Lipinski definition) is 4. The van der Waals surface area contributed by atoms with E-state index in [9.17, 15) is 14.0 Å². The lowest BCUT2D eigenvalue weighted by molar-refractivity contribution is -0.145. The second-order valence-corrected chi connectivity index (χ2v) is 5.87. The van der Waals surface area contributed by atoms with E-state index in [0.717, 1.165) is 0 Å². The summed E-state index contributed by atoms with van der Waals surface area (Å²) in [6.07, 6.45) is 0. The standard InChI is InChI=1S/C15H25FO4/c1-9(2)7-19-14(17)12(11(5)6)13(16)15(18)20-8-10(3)4/h9-11H,7-8H2,1-6H3/b13-12+. The molecule has 0 aromatic carbocycles. The number of rotatable bonds is 7. The molecule has 116 valence electrons. The third-order valence-corrected chi connectivity index (χ3v) is 2.31. The molecule has 0 spiro atoms. The highest BCUT2D eigenvalue weighted by atomic mass is 19.1. The molecule has 0 N–H and O–H groups in total. The monoisotopic (exact) mass is 288 g/mol. The molecule has 0 saturated carbocycles.